The van der Waals surface area contributed by atoms with Crippen molar-refractivity contribution < 1.29 is 19.0 Å². The zero-order chi connectivity index (χ0) is 18.8. The number of methoxy groups -OCH3 is 1. The molecule has 0 fully saturated rings. The number of benzene rings is 2. The van der Waals surface area contributed by atoms with Gasteiger partial charge in [-0.1, -0.05) is 12.1 Å². The molecule has 1 N–H and O–H groups in total. The molecule has 0 aliphatic carbocycles. The van der Waals surface area contributed by atoms with Crippen LogP contribution in [-0.2, 0) is 11.2 Å². The van der Waals surface area contributed by atoms with Crippen molar-refractivity contribution in [1.82, 2.24) is 10.2 Å². The number of fused-ring (bicyclic) bond motifs is 2. The van der Waals surface area contributed by atoms with E-state index in [0.717, 1.165) is 35.2 Å². The zero-order valence-corrected chi connectivity index (χ0v) is 15.2. The maximum atomic E-state index is 12.2. The van der Waals surface area contributed by atoms with Gasteiger partial charge in [0.15, 0.2) is 0 Å². The molecule has 0 atom stereocenters. The molecule has 1 aliphatic heterocycles. The van der Waals surface area contributed by atoms with Crippen LogP contribution in [-0.4, -0.2) is 36.5 Å². The molecule has 6 heteroatoms. The molecular weight excluding hydrogens is 344 g/mol. The normalized spacial score (nSPS) is 13.0. The Hall–Kier alpha value is -3.28. The summed E-state index contributed by atoms with van der Waals surface area (Å²) in [6.45, 7) is 2.82. The lowest BCUT2D eigenvalue weighted by Crippen LogP contribution is -2.07. The summed E-state index contributed by atoms with van der Waals surface area (Å²) in [5.41, 5.74) is 4.16. The number of nitrogens with one attached hydrogen (secondary N) is 1. The van der Waals surface area contributed by atoms with E-state index in [-0.39, 0.29) is 0 Å². The van der Waals surface area contributed by atoms with Crippen molar-refractivity contribution in [3.8, 4) is 11.5 Å². The second kappa shape index (κ2) is 7.15. The second-order valence-corrected chi connectivity index (χ2v) is 6.20. The van der Waals surface area contributed by atoms with Crippen molar-refractivity contribution in [2.24, 2.45) is 0 Å². The molecule has 0 unspecified atom stereocenters. The molecule has 1 aromatic heterocycles. The number of carbonyl (C=O) groups excluding carboxylic acids is 1. The first-order valence-electron chi connectivity index (χ1n) is 8.87. The van der Waals surface area contributed by atoms with Gasteiger partial charge in [-0.2, -0.15) is 5.10 Å². The van der Waals surface area contributed by atoms with Gasteiger partial charge >= 0.3 is 5.97 Å². The van der Waals surface area contributed by atoms with Crippen LogP contribution in [0.1, 0.15) is 34.1 Å². The third kappa shape index (κ3) is 3.14. The van der Waals surface area contributed by atoms with E-state index in [9.17, 15) is 4.79 Å². The molecule has 0 radical (unpaired) electrons. The topological polar surface area (TPSA) is 73.4 Å². The summed E-state index contributed by atoms with van der Waals surface area (Å²) in [7, 11) is 1.54. The Morgan fingerprint density at radius 1 is 1.30 bits per heavy atom. The first-order valence-corrected chi connectivity index (χ1v) is 8.87. The predicted molar refractivity (Wildman–Crippen MR) is 103 cm³/mol. The number of rotatable bonds is 5. The minimum absolute atomic E-state index is 0.306. The number of aromatic nitrogens is 2. The van der Waals surface area contributed by atoms with Gasteiger partial charge in [0.2, 0.25) is 0 Å². The Balaban J connectivity index is 1.73. The van der Waals surface area contributed by atoms with E-state index in [1.165, 1.54) is 5.56 Å². The van der Waals surface area contributed by atoms with Gasteiger partial charge in [0, 0.05) is 6.42 Å². The van der Waals surface area contributed by atoms with E-state index in [4.69, 9.17) is 14.2 Å². The van der Waals surface area contributed by atoms with Crippen LogP contribution < -0.4 is 9.47 Å². The number of H-pyrrole nitrogens is 1. The van der Waals surface area contributed by atoms with E-state index in [1.807, 2.05) is 24.3 Å². The first kappa shape index (κ1) is 17.1. The van der Waals surface area contributed by atoms with Crippen molar-refractivity contribution in [3.05, 3.63) is 52.7 Å². The maximum absolute atomic E-state index is 12.2. The molecular formula is C21H20N2O4. The molecule has 138 valence electrons. The molecule has 0 spiro atoms. The van der Waals surface area contributed by atoms with Crippen LogP contribution in [0.3, 0.4) is 0 Å². The van der Waals surface area contributed by atoms with Crippen LogP contribution in [0.25, 0.3) is 23.1 Å². The van der Waals surface area contributed by atoms with Crippen LogP contribution in [0.2, 0.25) is 0 Å². The molecule has 3 aromatic rings. The third-order valence-corrected chi connectivity index (χ3v) is 4.56. The van der Waals surface area contributed by atoms with E-state index in [0.29, 0.717) is 23.6 Å². The lowest BCUT2D eigenvalue weighted by atomic mass is 10.1. The summed E-state index contributed by atoms with van der Waals surface area (Å²) in [6.07, 6.45) is 4.83. The average molecular weight is 364 g/mol. The molecule has 0 saturated carbocycles. The highest BCUT2D eigenvalue weighted by molar-refractivity contribution is 6.03. The molecule has 4 rings (SSSR count). The van der Waals surface area contributed by atoms with Gasteiger partial charge in [0.05, 0.1) is 36.9 Å². The van der Waals surface area contributed by atoms with Gasteiger partial charge < -0.3 is 14.2 Å². The van der Waals surface area contributed by atoms with E-state index < -0.39 is 5.97 Å². The lowest BCUT2D eigenvalue weighted by Gasteiger charge is -2.09. The van der Waals surface area contributed by atoms with E-state index >= 15 is 0 Å². The van der Waals surface area contributed by atoms with Crippen molar-refractivity contribution in [3.63, 3.8) is 0 Å². The number of carbonyl (C=O) groups is 1. The standard InChI is InChI=1S/C21H20N2O4/c1-3-26-21(24)15-6-8-17-19(20(15)25-2)16(22-23-17)7-4-13-5-9-18-14(12-13)10-11-27-18/h4-9,12H,3,10-11H2,1-2H3,(H,22,23). The molecule has 1 aliphatic rings. The highest BCUT2D eigenvalue weighted by Gasteiger charge is 2.19. The monoisotopic (exact) mass is 364 g/mol. The molecule has 6 nitrogen and oxygen atoms in total. The van der Waals surface area contributed by atoms with Crippen molar-refractivity contribution in [2.75, 3.05) is 20.3 Å². The Morgan fingerprint density at radius 2 is 2.19 bits per heavy atom. The Kier molecular flexibility index (Phi) is 4.54. The van der Waals surface area contributed by atoms with Gasteiger partial charge in [-0.25, -0.2) is 4.79 Å². The van der Waals surface area contributed by atoms with Crippen molar-refractivity contribution >= 4 is 29.0 Å². The van der Waals surface area contributed by atoms with Crippen molar-refractivity contribution in [1.29, 1.82) is 0 Å². The highest BCUT2D eigenvalue weighted by atomic mass is 16.5. The summed E-state index contributed by atoms with van der Waals surface area (Å²) >= 11 is 0. The molecule has 27 heavy (non-hydrogen) atoms. The van der Waals surface area contributed by atoms with Gasteiger partial charge in [-0.3, -0.25) is 5.10 Å². The number of aromatic amines is 1. The van der Waals surface area contributed by atoms with Gasteiger partial charge in [0.1, 0.15) is 17.1 Å². The van der Waals surface area contributed by atoms with Crippen LogP contribution >= 0.6 is 0 Å². The predicted octanol–water partition coefficient (Wildman–Crippen LogP) is 3.85. The van der Waals surface area contributed by atoms with E-state index in [1.54, 1.807) is 26.2 Å². The lowest BCUT2D eigenvalue weighted by molar-refractivity contribution is 0.0523. The van der Waals surface area contributed by atoms with Crippen LogP contribution in [0.15, 0.2) is 30.3 Å². The largest absolute Gasteiger partial charge is 0.495 e. The van der Waals surface area contributed by atoms with Crippen LogP contribution in [0.4, 0.5) is 0 Å². The van der Waals surface area contributed by atoms with Gasteiger partial charge in [-0.15, -0.1) is 0 Å². The molecule has 0 saturated heterocycles. The summed E-state index contributed by atoms with van der Waals surface area (Å²) < 4.78 is 16.2. The fourth-order valence-electron chi connectivity index (χ4n) is 3.29. The van der Waals surface area contributed by atoms with Gasteiger partial charge in [0.25, 0.3) is 0 Å². The molecule has 2 heterocycles. The fourth-order valence-corrected chi connectivity index (χ4v) is 3.29. The molecule has 2 aromatic carbocycles. The highest BCUT2D eigenvalue weighted by Crippen LogP contribution is 2.33. The first-order chi connectivity index (χ1) is 13.2. The summed E-state index contributed by atoms with van der Waals surface area (Å²) in [5, 5.41) is 8.11. The zero-order valence-electron chi connectivity index (χ0n) is 15.2. The van der Waals surface area contributed by atoms with Crippen molar-refractivity contribution in [2.45, 2.75) is 13.3 Å². The quantitative estimate of drug-likeness (QED) is 0.696. The summed E-state index contributed by atoms with van der Waals surface area (Å²) in [6, 6.07) is 9.61. The third-order valence-electron chi connectivity index (χ3n) is 4.56. The number of hydrogen-bond acceptors (Lipinski definition) is 5. The Bertz CT molecular complexity index is 1040. The minimum Gasteiger partial charge on any atom is -0.495 e. The maximum Gasteiger partial charge on any atom is 0.341 e. The number of hydrogen-bond donors (Lipinski definition) is 1. The molecule has 0 amide bonds. The number of ether oxygens (including phenoxy) is 3. The fraction of sp³-hybridized carbons (Fsp3) is 0.238. The average Bonchev–Trinajstić information content (AvgIpc) is 3.32. The van der Waals surface area contributed by atoms with Crippen LogP contribution in [0.5, 0.6) is 11.5 Å². The summed E-state index contributed by atoms with van der Waals surface area (Å²) in [5.74, 6) is 1.01. The SMILES string of the molecule is CCOC(=O)c1ccc2[nH]nc(C=Cc3ccc4c(c3)CCO4)c2c1OC. The molecule has 0 bridgehead atoms. The Labute approximate surface area is 156 Å². The minimum atomic E-state index is -0.411. The second-order valence-electron chi connectivity index (χ2n) is 6.20. The number of esters is 1. The smallest absolute Gasteiger partial charge is 0.341 e. The van der Waals surface area contributed by atoms with Gasteiger partial charge in [-0.05, 0) is 48.4 Å². The van der Waals surface area contributed by atoms with Crippen LogP contribution in [0, 0.1) is 0 Å². The van der Waals surface area contributed by atoms with E-state index in [2.05, 4.69) is 16.3 Å². The summed E-state index contributed by atoms with van der Waals surface area (Å²) in [4.78, 5) is 12.2. The number of nitrogens with zero attached hydrogens (tertiary/aromatic N) is 1. The Morgan fingerprint density at radius 3 is 3.00 bits per heavy atom.